The molecule has 3 heteroatoms. The summed E-state index contributed by atoms with van der Waals surface area (Å²) in [6, 6.07) is 0. The second kappa shape index (κ2) is 3.95. The van der Waals surface area contributed by atoms with Crippen LogP contribution in [0, 0.1) is 5.41 Å². The molecule has 2 heterocycles. The SMILES string of the molecule is OCCCN1CCC2(CCOC2)C1. The van der Waals surface area contributed by atoms with Gasteiger partial charge in [0.05, 0.1) is 6.61 Å². The van der Waals surface area contributed by atoms with Gasteiger partial charge >= 0.3 is 0 Å². The van der Waals surface area contributed by atoms with Crippen molar-refractivity contribution < 1.29 is 9.84 Å². The van der Waals surface area contributed by atoms with Crippen molar-refractivity contribution in [3.8, 4) is 0 Å². The monoisotopic (exact) mass is 185 g/mol. The molecule has 2 aliphatic rings. The molecule has 76 valence electrons. The first-order chi connectivity index (χ1) is 6.35. The molecule has 1 atom stereocenters. The van der Waals surface area contributed by atoms with Crippen LogP contribution in [0.2, 0.25) is 0 Å². The van der Waals surface area contributed by atoms with E-state index in [1.165, 1.54) is 25.9 Å². The van der Waals surface area contributed by atoms with E-state index in [4.69, 9.17) is 9.84 Å². The highest BCUT2D eigenvalue weighted by molar-refractivity contribution is 4.92. The standard InChI is InChI=1S/C10H19NO2/c12-6-1-4-11-5-2-10(8-11)3-7-13-9-10/h12H,1-9H2. The summed E-state index contributed by atoms with van der Waals surface area (Å²) in [7, 11) is 0. The van der Waals surface area contributed by atoms with Gasteiger partial charge in [0, 0.05) is 31.7 Å². The van der Waals surface area contributed by atoms with Crippen molar-refractivity contribution in [3.63, 3.8) is 0 Å². The highest BCUT2D eigenvalue weighted by Crippen LogP contribution is 2.37. The third-order valence-corrected chi connectivity index (χ3v) is 3.33. The number of nitrogens with zero attached hydrogens (tertiary/aromatic N) is 1. The van der Waals surface area contributed by atoms with E-state index in [1.807, 2.05) is 0 Å². The summed E-state index contributed by atoms with van der Waals surface area (Å²) in [5, 5.41) is 8.73. The van der Waals surface area contributed by atoms with Gasteiger partial charge in [0.15, 0.2) is 0 Å². The van der Waals surface area contributed by atoms with Crippen LogP contribution in [0.25, 0.3) is 0 Å². The first-order valence-corrected chi connectivity index (χ1v) is 5.26. The predicted molar refractivity (Wildman–Crippen MR) is 50.6 cm³/mol. The van der Waals surface area contributed by atoms with Crippen LogP contribution in [-0.2, 0) is 4.74 Å². The first-order valence-electron chi connectivity index (χ1n) is 5.26. The van der Waals surface area contributed by atoms with Gasteiger partial charge in [-0.25, -0.2) is 0 Å². The first kappa shape index (κ1) is 9.44. The Bertz CT molecular complexity index is 166. The molecule has 0 aromatic carbocycles. The average molecular weight is 185 g/mol. The van der Waals surface area contributed by atoms with Crippen LogP contribution in [0.5, 0.6) is 0 Å². The lowest BCUT2D eigenvalue weighted by atomic mass is 9.87. The molecule has 0 radical (unpaired) electrons. The molecule has 2 aliphatic heterocycles. The van der Waals surface area contributed by atoms with Gasteiger partial charge in [-0.2, -0.15) is 0 Å². The van der Waals surface area contributed by atoms with E-state index >= 15 is 0 Å². The van der Waals surface area contributed by atoms with Crippen molar-refractivity contribution in [1.82, 2.24) is 4.90 Å². The van der Waals surface area contributed by atoms with Gasteiger partial charge in [-0.1, -0.05) is 0 Å². The molecule has 0 aliphatic carbocycles. The normalized spacial score (nSPS) is 34.8. The van der Waals surface area contributed by atoms with Crippen molar-refractivity contribution in [2.24, 2.45) is 5.41 Å². The Morgan fingerprint density at radius 3 is 3.00 bits per heavy atom. The molecule has 1 spiro atoms. The second-order valence-corrected chi connectivity index (χ2v) is 4.41. The molecule has 0 saturated carbocycles. The van der Waals surface area contributed by atoms with E-state index in [1.54, 1.807) is 0 Å². The Balaban J connectivity index is 1.79. The van der Waals surface area contributed by atoms with E-state index in [0.29, 0.717) is 12.0 Å². The average Bonchev–Trinajstić information content (AvgIpc) is 2.74. The van der Waals surface area contributed by atoms with E-state index in [2.05, 4.69) is 4.90 Å². The van der Waals surface area contributed by atoms with Crippen LogP contribution in [0.15, 0.2) is 0 Å². The minimum Gasteiger partial charge on any atom is -0.396 e. The number of aliphatic hydroxyl groups is 1. The number of aliphatic hydroxyl groups excluding tert-OH is 1. The van der Waals surface area contributed by atoms with Crippen LogP contribution >= 0.6 is 0 Å². The molecule has 3 nitrogen and oxygen atoms in total. The van der Waals surface area contributed by atoms with Crippen LogP contribution in [0.4, 0.5) is 0 Å². The van der Waals surface area contributed by atoms with Gasteiger partial charge in [0.1, 0.15) is 0 Å². The van der Waals surface area contributed by atoms with Gasteiger partial charge in [-0.3, -0.25) is 0 Å². The minimum absolute atomic E-state index is 0.319. The fourth-order valence-corrected chi connectivity index (χ4v) is 2.48. The molecule has 1 N–H and O–H groups in total. The second-order valence-electron chi connectivity index (χ2n) is 4.41. The highest BCUT2D eigenvalue weighted by Gasteiger charge is 2.40. The summed E-state index contributed by atoms with van der Waals surface area (Å²) >= 11 is 0. The Morgan fingerprint density at radius 1 is 1.38 bits per heavy atom. The molecule has 2 rings (SSSR count). The number of rotatable bonds is 3. The van der Waals surface area contributed by atoms with Crippen LogP contribution in [0.1, 0.15) is 19.3 Å². The topological polar surface area (TPSA) is 32.7 Å². The van der Waals surface area contributed by atoms with Crippen LogP contribution in [-0.4, -0.2) is 49.5 Å². The molecule has 0 bridgehead atoms. The Morgan fingerprint density at radius 2 is 2.31 bits per heavy atom. The molecular formula is C10H19NO2. The number of hydrogen-bond acceptors (Lipinski definition) is 3. The number of likely N-dealkylation sites (tertiary alicyclic amines) is 1. The summed E-state index contributed by atoms with van der Waals surface area (Å²) in [5.41, 5.74) is 0.482. The zero-order valence-electron chi connectivity index (χ0n) is 8.17. The zero-order valence-corrected chi connectivity index (χ0v) is 8.17. The van der Waals surface area contributed by atoms with E-state index in [-0.39, 0.29) is 0 Å². The van der Waals surface area contributed by atoms with E-state index in [0.717, 1.165) is 26.2 Å². The summed E-state index contributed by atoms with van der Waals surface area (Å²) in [5.74, 6) is 0. The maximum absolute atomic E-state index is 8.73. The lowest BCUT2D eigenvalue weighted by molar-refractivity contribution is 0.151. The molecule has 2 fully saturated rings. The van der Waals surface area contributed by atoms with Crippen LogP contribution < -0.4 is 0 Å². The molecule has 0 amide bonds. The molecule has 0 aromatic rings. The zero-order chi connectivity index (χ0) is 9.15. The molecular weight excluding hydrogens is 166 g/mol. The third kappa shape index (κ3) is 2.03. The Hall–Kier alpha value is -0.120. The fraction of sp³-hybridized carbons (Fsp3) is 1.00. The quantitative estimate of drug-likeness (QED) is 0.694. The summed E-state index contributed by atoms with van der Waals surface area (Å²) < 4.78 is 5.46. The lowest BCUT2D eigenvalue weighted by Gasteiger charge is -2.21. The minimum atomic E-state index is 0.319. The Labute approximate surface area is 79.7 Å². The van der Waals surface area contributed by atoms with Crippen molar-refractivity contribution in [2.45, 2.75) is 19.3 Å². The van der Waals surface area contributed by atoms with Gasteiger partial charge < -0.3 is 14.7 Å². The largest absolute Gasteiger partial charge is 0.396 e. The molecule has 0 aromatic heterocycles. The van der Waals surface area contributed by atoms with Crippen molar-refractivity contribution in [2.75, 3.05) is 39.5 Å². The van der Waals surface area contributed by atoms with Gasteiger partial charge in [-0.15, -0.1) is 0 Å². The predicted octanol–water partition coefficient (Wildman–Crippen LogP) is 0.481. The van der Waals surface area contributed by atoms with E-state index < -0.39 is 0 Å². The molecule has 2 saturated heterocycles. The van der Waals surface area contributed by atoms with Crippen molar-refractivity contribution >= 4 is 0 Å². The summed E-state index contributed by atoms with van der Waals surface area (Å²) in [6.07, 6.45) is 3.44. The third-order valence-electron chi connectivity index (χ3n) is 3.33. The lowest BCUT2D eigenvalue weighted by Crippen LogP contribution is -2.28. The van der Waals surface area contributed by atoms with Crippen molar-refractivity contribution in [3.05, 3.63) is 0 Å². The fourth-order valence-electron chi connectivity index (χ4n) is 2.48. The molecule has 1 unspecified atom stereocenters. The summed E-state index contributed by atoms with van der Waals surface area (Å²) in [4.78, 5) is 2.46. The van der Waals surface area contributed by atoms with Crippen molar-refractivity contribution in [1.29, 1.82) is 0 Å². The highest BCUT2D eigenvalue weighted by atomic mass is 16.5. The van der Waals surface area contributed by atoms with Crippen LogP contribution in [0.3, 0.4) is 0 Å². The molecule has 13 heavy (non-hydrogen) atoms. The van der Waals surface area contributed by atoms with Gasteiger partial charge in [0.25, 0.3) is 0 Å². The van der Waals surface area contributed by atoms with Gasteiger partial charge in [0.2, 0.25) is 0 Å². The maximum Gasteiger partial charge on any atom is 0.0536 e. The van der Waals surface area contributed by atoms with Gasteiger partial charge in [-0.05, 0) is 25.8 Å². The number of hydrogen-bond donors (Lipinski definition) is 1. The number of ether oxygens (including phenoxy) is 1. The Kier molecular flexibility index (Phi) is 2.86. The smallest absolute Gasteiger partial charge is 0.0536 e. The maximum atomic E-state index is 8.73. The van der Waals surface area contributed by atoms with E-state index in [9.17, 15) is 0 Å². The summed E-state index contributed by atoms with van der Waals surface area (Å²) in [6.45, 7) is 5.67.